The number of rotatable bonds is 5. The lowest BCUT2D eigenvalue weighted by atomic mass is 10.2. The minimum absolute atomic E-state index is 0.532. The summed E-state index contributed by atoms with van der Waals surface area (Å²) in [5, 5.41) is 12.0. The molecule has 0 saturated heterocycles. The summed E-state index contributed by atoms with van der Waals surface area (Å²) in [5.41, 5.74) is 1.32. The molecule has 0 atom stereocenters. The molecular weight excluding hydrogens is 226 g/mol. The molecule has 0 spiro atoms. The average Bonchev–Trinajstić information content (AvgIpc) is 2.45. The molecule has 4 nitrogen and oxygen atoms in total. The second-order valence-electron chi connectivity index (χ2n) is 3.62. The topological polar surface area (TPSA) is 57.9 Å². The number of hydrogen-bond acceptors (Lipinski definition) is 4. The Balaban J connectivity index is 1.81. The van der Waals surface area contributed by atoms with Crippen LogP contribution in [0.15, 0.2) is 48.8 Å². The van der Waals surface area contributed by atoms with E-state index in [1.807, 2.05) is 30.3 Å². The van der Waals surface area contributed by atoms with Crippen molar-refractivity contribution < 1.29 is 4.74 Å². The molecule has 4 heteroatoms. The summed E-state index contributed by atoms with van der Waals surface area (Å²) in [7, 11) is 0. The Bertz CT molecular complexity index is 534. The molecule has 18 heavy (non-hydrogen) atoms. The normalized spacial score (nSPS) is 9.50. The van der Waals surface area contributed by atoms with Gasteiger partial charge >= 0.3 is 0 Å². The monoisotopic (exact) mass is 239 g/mol. The fourth-order valence-corrected chi connectivity index (χ4v) is 1.50. The summed E-state index contributed by atoms with van der Waals surface area (Å²) < 4.78 is 5.54. The molecule has 1 aromatic carbocycles. The van der Waals surface area contributed by atoms with Crippen molar-refractivity contribution in [1.82, 2.24) is 4.98 Å². The predicted octanol–water partition coefficient (Wildman–Crippen LogP) is 2.44. The third kappa shape index (κ3) is 3.22. The quantitative estimate of drug-likeness (QED) is 0.814. The molecule has 0 amide bonds. The van der Waals surface area contributed by atoms with Crippen LogP contribution in [0.25, 0.3) is 0 Å². The largest absolute Gasteiger partial charge is 0.492 e. The van der Waals surface area contributed by atoms with Gasteiger partial charge in [0.15, 0.2) is 0 Å². The first kappa shape index (κ1) is 11.9. The zero-order valence-corrected chi connectivity index (χ0v) is 9.84. The molecule has 0 fully saturated rings. The van der Waals surface area contributed by atoms with Crippen molar-refractivity contribution in [3.05, 3.63) is 54.4 Å². The van der Waals surface area contributed by atoms with Gasteiger partial charge in [0.2, 0.25) is 0 Å². The zero-order chi connectivity index (χ0) is 12.6. The van der Waals surface area contributed by atoms with Gasteiger partial charge in [0, 0.05) is 12.7 Å². The summed E-state index contributed by atoms with van der Waals surface area (Å²) >= 11 is 0. The van der Waals surface area contributed by atoms with Crippen LogP contribution in [0, 0.1) is 11.3 Å². The molecule has 1 N–H and O–H groups in total. The van der Waals surface area contributed by atoms with Crippen LogP contribution in [-0.2, 0) is 0 Å². The van der Waals surface area contributed by atoms with E-state index in [0.717, 1.165) is 11.4 Å². The fraction of sp³-hybridized carbons (Fsp3) is 0.143. The molecule has 1 heterocycles. The Morgan fingerprint density at radius 3 is 2.83 bits per heavy atom. The smallest absolute Gasteiger partial charge is 0.119 e. The molecular formula is C14H13N3O. The molecule has 2 aromatic rings. The third-order valence-corrected chi connectivity index (χ3v) is 2.37. The molecule has 1 aromatic heterocycles. The molecule has 0 radical (unpaired) electrons. The molecule has 0 saturated carbocycles. The lowest BCUT2D eigenvalue weighted by molar-refractivity contribution is 0.333. The number of ether oxygens (including phenoxy) is 1. The van der Waals surface area contributed by atoms with Gasteiger partial charge in [0.05, 0.1) is 17.4 Å². The Hall–Kier alpha value is -2.54. The molecule has 0 unspecified atom stereocenters. The van der Waals surface area contributed by atoms with E-state index >= 15 is 0 Å². The summed E-state index contributed by atoms with van der Waals surface area (Å²) in [6.07, 6.45) is 3.24. The summed E-state index contributed by atoms with van der Waals surface area (Å²) in [6.45, 7) is 1.15. The number of aromatic nitrogens is 1. The van der Waals surface area contributed by atoms with Gasteiger partial charge < -0.3 is 10.1 Å². The average molecular weight is 239 g/mol. The fourth-order valence-electron chi connectivity index (χ4n) is 1.50. The Labute approximate surface area is 106 Å². The van der Waals surface area contributed by atoms with E-state index < -0.39 is 0 Å². The molecule has 0 aliphatic carbocycles. The van der Waals surface area contributed by atoms with Gasteiger partial charge in [0.1, 0.15) is 18.4 Å². The van der Waals surface area contributed by atoms with Crippen molar-refractivity contribution in [2.24, 2.45) is 0 Å². The van der Waals surface area contributed by atoms with Crippen LogP contribution < -0.4 is 10.1 Å². The van der Waals surface area contributed by atoms with Gasteiger partial charge in [0.25, 0.3) is 0 Å². The number of anilines is 1. The van der Waals surface area contributed by atoms with Crippen LogP contribution in [0.5, 0.6) is 5.75 Å². The first-order chi connectivity index (χ1) is 8.90. The lowest BCUT2D eigenvalue weighted by Crippen LogP contribution is -2.12. The molecule has 0 bridgehead atoms. The highest BCUT2D eigenvalue weighted by Gasteiger charge is 1.99. The molecule has 2 rings (SSSR count). The highest BCUT2D eigenvalue weighted by Crippen LogP contribution is 2.11. The van der Waals surface area contributed by atoms with E-state index in [9.17, 15) is 0 Å². The van der Waals surface area contributed by atoms with Crippen LogP contribution in [0.1, 0.15) is 5.56 Å². The molecule has 0 aliphatic heterocycles. The highest BCUT2D eigenvalue weighted by atomic mass is 16.5. The Morgan fingerprint density at radius 2 is 2.06 bits per heavy atom. The maximum absolute atomic E-state index is 8.90. The highest BCUT2D eigenvalue weighted by molar-refractivity contribution is 5.55. The van der Waals surface area contributed by atoms with Crippen molar-refractivity contribution >= 4 is 5.69 Å². The number of pyridine rings is 1. The summed E-state index contributed by atoms with van der Waals surface area (Å²) in [6, 6.07) is 13.4. The minimum atomic E-state index is 0.532. The Morgan fingerprint density at radius 1 is 1.22 bits per heavy atom. The first-order valence-corrected chi connectivity index (χ1v) is 5.66. The zero-order valence-electron chi connectivity index (χ0n) is 9.84. The SMILES string of the molecule is N#Cc1ccncc1NCCOc1ccccc1. The van der Waals surface area contributed by atoms with Crippen LogP contribution in [-0.4, -0.2) is 18.1 Å². The van der Waals surface area contributed by atoms with Gasteiger partial charge in [-0.3, -0.25) is 4.98 Å². The van der Waals surface area contributed by atoms with Gasteiger partial charge in [-0.25, -0.2) is 0 Å². The Kier molecular flexibility index (Phi) is 4.15. The number of nitrogens with one attached hydrogen (secondary N) is 1. The number of hydrogen-bond donors (Lipinski definition) is 1. The van der Waals surface area contributed by atoms with Gasteiger partial charge in [-0.15, -0.1) is 0 Å². The van der Waals surface area contributed by atoms with E-state index in [0.29, 0.717) is 18.7 Å². The molecule has 90 valence electrons. The summed E-state index contributed by atoms with van der Waals surface area (Å²) in [4.78, 5) is 3.98. The second kappa shape index (κ2) is 6.26. The predicted molar refractivity (Wildman–Crippen MR) is 69.4 cm³/mol. The standard InChI is InChI=1S/C14H13N3O/c15-10-12-6-7-16-11-14(12)17-8-9-18-13-4-2-1-3-5-13/h1-7,11,17H,8-9H2. The van der Waals surface area contributed by atoms with Gasteiger partial charge in [-0.2, -0.15) is 5.26 Å². The van der Waals surface area contributed by atoms with Crippen LogP contribution >= 0.6 is 0 Å². The van der Waals surface area contributed by atoms with Crippen molar-refractivity contribution in [2.75, 3.05) is 18.5 Å². The van der Waals surface area contributed by atoms with Crippen molar-refractivity contribution in [3.63, 3.8) is 0 Å². The number of benzene rings is 1. The minimum Gasteiger partial charge on any atom is -0.492 e. The van der Waals surface area contributed by atoms with E-state index in [1.165, 1.54) is 0 Å². The number of nitrogens with zero attached hydrogens (tertiary/aromatic N) is 2. The lowest BCUT2D eigenvalue weighted by Gasteiger charge is -2.09. The summed E-state index contributed by atoms with van der Waals surface area (Å²) in [5.74, 6) is 0.839. The van der Waals surface area contributed by atoms with E-state index in [1.54, 1.807) is 18.5 Å². The third-order valence-electron chi connectivity index (χ3n) is 2.37. The van der Waals surface area contributed by atoms with Crippen LogP contribution in [0.3, 0.4) is 0 Å². The van der Waals surface area contributed by atoms with E-state index in [4.69, 9.17) is 10.00 Å². The van der Waals surface area contributed by atoms with E-state index in [2.05, 4.69) is 16.4 Å². The van der Waals surface area contributed by atoms with Crippen molar-refractivity contribution in [3.8, 4) is 11.8 Å². The maximum Gasteiger partial charge on any atom is 0.119 e. The van der Waals surface area contributed by atoms with Gasteiger partial charge in [-0.05, 0) is 18.2 Å². The van der Waals surface area contributed by atoms with Gasteiger partial charge in [-0.1, -0.05) is 18.2 Å². The number of para-hydroxylation sites is 1. The maximum atomic E-state index is 8.90. The van der Waals surface area contributed by atoms with Crippen molar-refractivity contribution in [2.45, 2.75) is 0 Å². The number of nitriles is 1. The van der Waals surface area contributed by atoms with Crippen LogP contribution in [0.2, 0.25) is 0 Å². The molecule has 0 aliphatic rings. The van der Waals surface area contributed by atoms with Crippen LogP contribution in [0.4, 0.5) is 5.69 Å². The first-order valence-electron chi connectivity index (χ1n) is 5.66. The van der Waals surface area contributed by atoms with Crippen molar-refractivity contribution in [1.29, 1.82) is 5.26 Å². The second-order valence-corrected chi connectivity index (χ2v) is 3.62. The van der Waals surface area contributed by atoms with E-state index in [-0.39, 0.29) is 0 Å².